The molecule has 4 nitrogen and oxygen atoms in total. The van der Waals surface area contributed by atoms with Crippen molar-refractivity contribution in [1.29, 1.82) is 0 Å². The summed E-state index contributed by atoms with van der Waals surface area (Å²) in [6.07, 6.45) is 2.72. The summed E-state index contributed by atoms with van der Waals surface area (Å²) in [5.74, 6) is -0.0972. The van der Waals surface area contributed by atoms with Gasteiger partial charge >= 0.3 is 0 Å². The molecule has 0 spiro atoms. The summed E-state index contributed by atoms with van der Waals surface area (Å²) in [5.41, 5.74) is 0.721. The molecule has 1 amide bonds. The third-order valence-electron chi connectivity index (χ3n) is 3.08. The Morgan fingerprint density at radius 1 is 1.35 bits per heavy atom. The summed E-state index contributed by atoms with van der Waals surface area (Å²) in [6, 6.07) is 6.90. The van der Waals surface area contributed by atoms with E-state index in [0.29, 0.717) is 6.42 Å². The molecular weight excluding hydrogens is 342 g/mol. The molecule has 1 aromatic rings. The molecule has 0 fully saturated rings. The second kappa shape index (κ2) is 6.10. The molecule has 1 aromatic carbocycles. The van der Waals surface area contributed by atoms with Gasteiger partial charge in [-0.15, -0.1) is 0 Å². The molecule has 20 heavy (non-hydrogen) atoms. The summed E-state index contributed by atoms with van der Waals surface area (Å²) < 4.78 is 24.1. The highest BCUT2D eigenvalue weighted by Gasteiger charge is 2.30. The number of amides is 1. The van der Waals surface area contributed by atoms with Gasteiger partial charge < -0.3 is 4.90 Å². The van der Waals surface area contributed by atoms with Crippen molar-refractivity contribution in [3.63, 3.8) is 0 Å². The Kier molecular flexibility index (Phi) is 4.65. The lowest BCUT2D eigenvalue weighted by Gasteiger charge is -2.27. The van der Waals surface area contributed by atoms with E-state index in [1.54, 1.807) is 11.0 Å². The minimum Gasteiger partial charge on any atom is -0.304 e. The maximum atomic E-state index is 12.3. The Morgan fingerprint density at radius 3 is 2.50 bits per heavy atom. The van der Waals surface area contributed by atoms with Crippen LogP contribution < -0.4 is 4.90 Å². The van der Waals surface area contributed by atoms with Gasteiger partial charge in [0.2, 0.25) is 5.91 Å². The quantitative estimate of drug-likeness (QED) is 0.832. The predicted molar refractivity (Wildman–Crippen MR) is 83.3 cm³/mol. The molecule has 1 aliphatic heterocycles. The van der Waals surface area contributed by atoms with Crippen molar-refractivity contribution in [3.05, 3.63) is 40.2 Å². The van der Waals surface area contributed by atoms with Crippen molar-refractivity contribution in [2.24, 2.45) is 0 Å². The number of rotatable bonds is 4. The lowest BCUT2D eigenvalue weighted by molar-refractivity contribution is -0.118. The molecule has 108 valence electrons. The molecule has 0 unspecified atom stereocenters. The van der Waals surface area contributed by atoms with Crippen LogP contribution >= 0.6 is 15.9 Å². The van der Waals surface area contributed by atoms with E-state index < -0.39 is 15.9 Å². The second-order valence-electron chi connectivity index (χ2n) is 4.72. The maximum Gasteiger partial charge on any atom is 0.227 e. The van der Waals surface area contributed by atoms with Gasteiger partial charge in [-0.05, 0) is 36.8 Å². The Bertz CT molecular complexity index is 622. The molecule has 1 heterocycles. The van der Waals surface area contributed by atoms with Crippen molar-refractivity contribution in [3.8, 4) is 0 Å². The summed E-state index contributed by atoms with van der Waals surface area (Å²) in [4.78, 5) is 13.9. The molecule has 1 atom stereocenters. The zero-order valence-electron chi connectivity index (χ0n) is 11.1. The van der Waals surface area contributed by atoms with Crippen LogP contribution in [0.5, 0.6) is 0 Å². The molecule has 0 saturated carbocycles. The number of hydrogen-bond donors (Lipinski definition) is 0. The van der Waals surface area contributed by atoms with E-state index in [1.165, 1.54) is 5.41 Å². The molecule has 2 rings (SSSR count). The summed E-state index contributed by atoms with van der Waals surface area (Å²) in [5, 5.41) is 1.20. The van der Waals surface area contributed by atoms with Crippen molar-refractivity contribution in [1.82, 2.24) is 0 Å². The minimum atomic E-state index is -3.19. The van der Waals surface area contributed by atoms with E-state index in [2.05, 4.69) is 15.9 Å². The van der Waals surface area contributed by atoms with Crippen LogP contribution in [-0.2, 0) is 14.6 Å². The zero-order valence-corrected chi connectivity index (χ0v) is 13.5. The van der Waals surface area contributed by atoms with Gasteiger partial charge in [0.1, 0.15) is 0 Å². The fourth-order valence-corrected chi connectivity index (χ4v) is 3.71. The summed E-state index contributed by atoms with van der Waals surface area (Å²) in [6.45, 7) is 1.93. The van der Waals surface area contributed by atoms with Gasteiger partial charge in [0.25, 0.3) is 0 Å². The first-order valence-corrected chi connectivity index (χ1v) is 8.92. The number of carbonyl (C=O) groups excluding carboxylic acids is 1. The molecule has 0 radical (unpaired) electrons. The number of hydrogen-bond acceptors (Lipinski definition) is 3. The van der Waals surface area contributed by atoms with Crippen LogP contribution in [0.3, 0.4) is 0 Å². The Morgan fingerprint density at radius 2 is 2.00 bits per heavy atom. The molecule has 0 aromatic heterocycles. The van der Waals surface area contributed by atoms with Gasteiger partial charge in [0.15, 0.2) is 9.84 Å². The van der Waals surface area contributed by atoms with Crippen LogP contribution in [0.15, 0.2) is 40.2 Å². The molecule has 0 N–H and O–H groups in total. The topological polar surface area (TPSA) is 54.5 Å². The minimum absolute atomic E-state index is 0.0431. The lowest BCUT2D eigenvalue weighted by Crippen LogP contribution is -2.41. The van der Waals surface area contributed by atoms with Crippen LogP contribution in [0.25, 0.3) is 0 Å². The highest BCUT2D eigenvalue weighted by atomic mass is 79.9. The van der Waals surface area contributed by atoms with E-state index in [0.717, 1.165) is 16.6 Å². The van der Waals surface area contributed by atoms with Crippen molar-refractivity contribution >= 4 is 37.4 Å². The number of halogens is 1. The van der Waals surface area contributed by atoms with Gasteiger partial charge in [-0.2, -0.15) is 0 Å². The zero-order chi connectivity index (χ0) is 14.8. The number of carbonyl (C=O) groups is 1. The van der Waals surface area contributed by atoms with E-state index in [-0.39, 0.29) is 11.7 Å². The predicted octanol–water partition coefficient (Wildman–Crippen LogP) is 2.89. The van der Waals surface area contributed by atoms with Crippen LogP contribution in [0.1, 0.15) is 19.8 Å². The molecule has 6 heteroatoms. The van der Waals surface area contributed by atoms with E-state index >= 15 is 0 Å². The second-order valence-corrected chi connectivity index (χ2v) is 7.56. The van der Waals surface area contributed by atoms with Crippen molar-refractivity contribution in [2.75, 3.05) is 10.7 Å². The van der Waals surface area contributed by atoms with Crippen molar-refractivity contribution in [2.45, 2.75) is 25.8 Å². The van der Waals surface area contributed by atoms with E-state index in [9.17, 15) is 13.2 Å². The first-order chi connectivity index (χ1) is 9.43. The fraction of sp³-hybridized carbons (Fsp3) is 0.357. The van der Waals surface area contributed by atoms with E-state index in [4.69, 9.17) is 0 Å². The Balaban J connectivity index is 2.33. The van der Waals surface area contributed by atoms with Gasteiger partial charge in [0, 0.05) is 22.0 Å². The molecule has 1 aliphatic rings. The number of benzene rings is 1. The number of nitrogens with zero attached hydrogens (tertiary/aromatic N) is 1. The number of sulfone groups is 1. The largest absolute Gasteiger partial charge is 0.304 e. The molecular formula is C14H16BrNO3S. The Labute approximate surface area is 127 Å². The van der Waals surface area contributed by atoms with Gasteiger partial charge in [0.05, 0.1) is 11.8 Å². The standard InChI is InChI=1S/C14H16BrNO3S/c1-2-3-14(17)16(12-6-4-11(15)5-7-12)13-8-9-20(18,19)10-13/h4-9,13H,2-3,10H2,1H3/t13-/m1/s1. The summed E-state index contributed by atoms with van der Waals surface area (Å²) >= 11 is 3.35. The van der Waals surface area contributed by atoms with Gasteiger partial charge in [-0.25, -0.2) is 8.42 Å². The third-order valence-corrected chi connectivity index (χ3v) is 4.99. The first kappa shape index (κ1) is 15.3. The number of anilines is 1. The average Bonchev–Trinajstić information content (AvgIpc) is 2.73. The molecule has 0 aliphatic carbocycles. The smallest absolute Gasteiger partial charge is 0.227 e. The SMILES string of the molecule is CCCC(=O)N(c1ccc(Br)cc1)[C@@H]1C=CS(=O)(=O)C1. The normalized spacial score (nSPS) is 20.0. The fourth-order valence-electron chi connectivity index (χ4n) is 2.18. The molecule has 0 saturated heterocycles. The molecule has 0 bridgehead atoms. The van der Waals surface area contributed by atoms with Gasteiger partial charge in [-0.3, -0.25) is 4.79 Å². The average molecular weight is 358 g/mol. The van der Waals surface area contributed by atoms with Crippen molar-refractivity contribution < 1.29 is 13.2 Å². The highest BCUT2D eigenvalue weighted by molar-refractivity contribution is 9.10. The van der Waals surface area contributed by atoms with Crippen LogP contribution in [0.2, 0.25) is 0 Å². The van der Waals surface area contributed by atoms with Crippen LogP contribution in [0.4, 0.5) is 5.69 Å². The van der Waals surface area contributed by atoms with Crippen LogP contribution in [0, 0.1) is 0 Å². The Hall–Kier alpha value is -1.14. The maximum absolute atomic E-state index is 12.3. The van der Waals surface area contributed by atoms with E-state index in [1.807, 2.05) is 31.2 Å². The van der Waals surface area contributed by atoms with Crippen LogP contribution in [-0.4, -0.2) is 26.1 Å². The first-order valence-electron chi connectivity index (χ1n) is 6.41. The van der Waals surface area contributed by atoms with Gasteiger partial charge in [-0.1, -0.05) is 22.9 Å². The summed E-state index contributed by atoms with van der Waals surface area (Å²) in [7, 11) is -3.19. The lowest BCUT2D eigenvalue weighted by atomic mass is 10.2. The third kappa shape index (κ3) is 3.49. The monoisotopic (exact) mass is 357 g/mol. The highest BCUT2D eigenvalue weighted by Crippen LogP contribution is 2.25.